The Morgan fingerprint density at radius 1 is 0.250 bits per heavy atom. The summed E-state index contributed by atoms with van der Waals surface area (Å²) in [6.45, 7) is 0.845. The molecule has 1 aliphatic heterocycles. The van der Waals surface area contributed by atoms with Crippen molar-refractivity contribution >= 4 is 291 Å². The van der Waals surface area contributed by atoms with Gasteiger partial charge in [-0.3, -0.25) is 4.90 Å². The van der Waals surface area contributed by atoms with Crippen molar-refractivity contribution in [2.24, 2.45) is 0 Å². The van der Waals surface area contributed by atoms with Gasteiger partial charge in [0.05, 0.1) is 10.8 Å². The number of phenolic OH excluding ortho intramolecular Hbond substituents is 4. The molecule has 32 aromatic carbocycles. The van der Waals surface area contributed by atoms with Crippen molar-refractivity contribution in [1.82, 2.24) is 4.90 Å². The van der Waals surface area contributed by atoms with Gasteiger partial charge in [-0.2, -0.15) is 0 Å². The van der Waals surface area contributed by atoms with E-state index in [1.165, 1.54) is 5.56 Å². The van der Waals surface area contributed by atoms with Crippen LogP contribution in [0.2, 0.25) is 0 Å². The normalized spacial score (nSPS) is 21.3. The van der Waals surface area contributed by atoms with Gasteiger partial charge in [0.25, 0.3) is 0 Å². The second-order valence-corrected chi connectivity index (χ2v) is 33.5. The maximum Gasteiger partial charge on any atom is 0.122 e. The standard InChI is InChI=1S/C91H29NO4/c1-92-17-90-81-73-65-55-45-37-29-27-28-31-35-33(29)41-49-43(35)53-47-39(31)40-32(28)36-34-30(27)38(37)46-52-42(34)50-44(36)54-48(40)58-57(47)69-63(53)71-61(49)67(59(65)51(41)45)75(81)77(71)83-79(69)80-70(58)64(54)72-62(50)68-60(52)66(56(46)55)74(73)82(90)76(68)78(72)84(80)91(83,90)89(92)26-15-24-13-22-9-3-7-20(86(22)94)11-18-5-2-6-19(85(18)93)12-21-8-4-10-23(87(21)95)14-25(16-26)88(24)96/h2-10,15-16,89,93-96H,11-14,17H2,1H3. The van der Waals surface area contributed by atoms with E-state index < -0.39 is 10.8 Å². The molecule has 0 saturated carbocycles. The van der Waals surface area contributed by atoms with Gasteiger partial charge in [-0.1, -0.05) is 66.7 Å². The van der Waals surface area contributed by atoms with Gasteiger partial charge in [0, 0.05) is 38.3 Å². The highest BCUT2D eigenvalue weighted by molar-refractivity contribution is 6.82. The summed E-state index contributed by atoms with van der Waals surface area (Å²) in [5.74, 6) is 0.802. The minimum Gasteiger partial charge on any atom is -0.507 e. The summed E-state index contributed by atoms with van der Waals surface area (Å²) in [7, 11) is 2.50. The summed E-state index contributed by atoms with van der Waals surface area (Å²) < 4.78 is 0. The predicted molar refractivity (Wildman–Crippen MR) is 393 cm³/mol. The number of fused-ring (bicyclic) bond motifs is 8. The number of benzene rings is 22. The van der Waals surface area contributed by atoms with E-state index in [0.717, 1.165) is 51.1 Å². The lowest BCUT2D eigenvalue weighted by atomic mass is 9.47. The number of hydrogen-bond acceptors (Lipinski definition) is 5. The molecule has 2 spiro atoms. The van der Waals surface area contributed by atoms with Gasteiger partial charge < -0.3 is 20.4 Å². The van der Waals surface area contributed by atoms with Gasteiger partial charge in [-0.05, 0) is 370 Å². The Bertz CT molecular complexity index is 8870. The Morgan fingerprint density at radius 2 is 0.427 bits per heavy atom. The molecule has 6 aliphatic rings. The van der Waals surface area contributed by atoms with Crippen LogP contribution in [0.3, 0.4) is 0 Å². The molecule has 0 amide bonds. The first kappa shape index (κ1) is 40.6. The molecule has 1 unspecified atom stereocenters. The van der Waals surface area contributed by atoms with E-state index >= 15 is 0 Å². The van der Waals surface area contributed by atoms with Crippen LogP contribution >= 0.6 is 0 Å². The first-order valence-corrected chi connectivity index (χ1v) is 35.1. The second-order valence-electron chi connectivity index (χ2n) is 33.5. The van der Waals surface area contributed by atoms with Crippen molar-refractivity contribution < 1.29 is 20.4 Å². The highest BCUT2D eigenvalue weighted by Gasteiger charge is 2.76. The van der Waals surface area contributed by atoms with E-state index in [2.05, 4.69) is 24.1 Å². The average molecular weight is 1200 g/mol. The minimum absolute atomic E-state index is 0.186. The lowest BCUT2D eigenvalue weighted by Crippen LogP contribution is -2.52. The second kappa shape index (κ2) is 10.2. The third-order valence-corrected chi connectivity index (χ3v) is 31.6. The summed E-state index contributed by atoms with van der Waals surface area (Å²) in [5.41, 5.74) is 12.5. The molecule has 32 aromatic rings. The number of hydrogen-bond donors (Lipinski definition) is 4. The molecule has 38 rings (SSSR count). The summed E-state index contributed by atoms with van der Waals surface area (Å²) in [5, 5.41) is 136. The molecule has 0 radical (unpaired) electrons. The largest absolute Gasteiger partial charge is 0.507 e. The Hall–Kier alpha value is -11.5. The molecule has 422 valence electrons. The molecule has 5 nitrogen and oxygen atoms in total. The Morgan fingerprint density at radius 3 is 0.646 bits per heavy atom. The van der Waals surface area contributed by atoms with Gasteiger partial charge in [0.2, 0.25) is 0 Å². The van der Waals surface area contributed by atoms with E-state index in [0.29, 0.717) is 25.7 Å². The van der Waals surface area contributed by atoms with E-state index in [9.17, 15) is 20.4 Å². The Kier molecular flexibility index (Phi) is 4.33. The average Bonchev–Trinajstić information content (AvgIpc) is 1.38. The molecule has 1 fully saturated rings. The number of phenols is 4. The summed E-state index contributed by atoms with van der Waals surface area (Å²) >= 11 is 0. The monoisotopic (exact) mass is 1200 g/mol. The van der Waals surface area contributed by atoms with Gasteiger partial charge >= 0.3 is 0 Å². The van der Waals surface area contributed by atoms with E-state index in [-0.39, 0.29) is 29.0 Å². The minimum atomic E-state index is -0.630. The van der Waals surface area contributed by atoms with Crippen molar-refractivity contribution in [2.45, 2.75) is 42.6 Å². The van der Waals surface area contributed by atoms with Crippen molar-refractivity contribution in [3.05, 3.63) is 139 Å². The third-order valence-electron chi connectivity index (χ3n) is 31.6. The van der Waals surface area contributed by atoms with Crippen LogP contribution in [-0.4, -0.2) is 38.9 Å². The molecule has 4 N–H and O–H groups in total. The number of likely N-dealkylation sites (N-methyl/N-ethyl adjacent to an activating group) is 1. The molecule has 8 bridgehead atoms. The molecule has 96 heavy (non-hydrogen) atoms. The maximum absolute atomic E-state index is 13.4. The summed E-state index contributed by atoms with van der Waals surface area (Å²) in [6.07, 6.45) is 1.25. The molecular formula is C91H29NO4. The lowest BCUT2D eigenvalue weighted by Gasteiger charge is -2.52. The predicted octanol–water partition coefficient (Wildman–Crippen LogP) is 21.5. The smallest absolute Gasteiger partial charge is 0.122 e. The number of rotatable bonds is 1. The molecule has 1 heterocycles. The van der Waals surface area contributed by atoms with E-state index in [1.807, 2.05) is 54.6 Å². The fraction of sp³-hybridized carbons (Fsp3) is 0.0989. The van der Waals surface area contributed by atoms with Gasteiger partial charge in [0.1, 0.15) is 23.0 Å². The number of likely N-dealkylation sites (tertiary alicyclic amines) is 1. The SMILES string of the molecule is CN1CC23c4c5c6c7c8c9c(c%10c%11c2c2c4c4c%12c5c5c6c6c8c8c%13c9c9c%10c%10c%11c%11c2c2c4c4c%12c%12c5c5c6c8c6c8c%13c9c9c%10c%10c%11c2c2c4c4c%12c5c6c5c8c9c%10c2c45)C73C1c1cc2c(O)c(c1)Cc1cccc(c1O)Cc1cccc(c1O)Cc1cccc(c1O)C2. The zero-order valence-electron chi connectivity index (χ0n) is 50.2. The van der Waals surface area contributed by atoms with Crippen LogP contribution in [0.15, 0.2) is 66.7 Å². The molecular weight excluding hydrogens is 1170 g/mol. The van der Waals surface area contributed by atoms with Crippen molar-refractivity contribution in [2.75, 3.05) is 13.6 Å². The Balaban J connectivity index is 0.821. The van der Waals surface area contributed by atoms with Crippen LogP contribution < -0.4 is 0 Å². The van der Waals surface area contributed by atoms with Crippen LogP contribution in [0.5, 0.6) is 23.0 Å². The zero-order chi connectivity index (χ0) is 59.5. The number of aromatic hydroxyl groups is 4. The van der Waals surface area contributed by atoms with Crippen LogP contribution in [0.1, 0.15) is 78.4 Å². The van der Waals surface area contributed by atoms with Crippen molar-refractivity contribution in [3.8, 4) is 23.0 Å². The first-order chi connectivity index (χ1) is 47.4. The molecule has 5 aliphatic carbocycles. The number of para-hydroxylation sites is 3. The van der Waals surface area contributed by atoms with Gasteiger partial charge in [-0.15, -0.1) is 0 Å². The summed E-state index contributed by atoms with van der Waals surface area (Å²) in [6, 6.07) is 22.5. The van der Waals surface area contributed by atoms with Crippen molar-refractivity contribution in [3.63, 3.8) is 0 Å². The molecule has 0 aromatic heterocycles. The summed E-state index contributed by atoms with van der Waals surface area (Å²) in [4.78, 5) is 2.85. The highest BCUT2D eigenvalue weighted by Crippen LogP contribution is 2.87. The maximum atomic E-state index is 13.4. The van der Waals surface area contributed by atoms with E-state index in [1.54, 1.807) is 313 Å². The molecule has 5 heteroatoms. The highest BCUT2D eigenvalue weighted by atomic mass is 16.3. The quantitative estimate of drug-likeness (QED) is 0.123. The van der Waals surface area contributed by atoms with Crippen LogP contribution in [-0.2, 0) is 36.5 Å². The van der Waals surface area contributed by atoms with E-state index in [4.69, 9.17) is 0 Å². The van der Waals surface area contributed by atoms with Gasteiger partial charge in [0.15, 0.2) is 0 Å². The molecule has 1 atom stereocenters. The topological polar surface area (TPSA) is 84.2 Å². The first-order valence-electron chi connectivity index (χ1n) is 35.1. The fourth-order valence-electron chi connectivity index (χ4n) is 30.4. The van der Waals surface area contributed by atoms with Crippen LogP contribution in [0.25, 0.3) is 291 Å². The van der Waals surface area contributed by atoms with Crippen molar-refractivity contribution in [1.29, 1.82) is 0 Å². The van der Waals surface area contributed by atoms with Gasteiger partial charge in [-0.25, -0.2) is 0 Å². The lowest BCUT2D eigenvalue weighted by molar-refractivity contribution is 0.271. The fourth-order valence-corrected chi connectivity index (χ4v) is 30.4. The number of nitrogens with zero attached hydrogens (tertiary/aromatic N) is 1. The Labute approximate surface area is 531 Å². The zero-order valence-corrected chi connectivity index (χ0v) is 50.2. The third kappa shape index (κ3) is 2.65. The van der Waals surface area contributed by atoms with Crippen LogP contribution in [0.4, 0.5) is 0 Å². The molecule has 1 saturated heterocycles. The van der Waals surface area contributed by atoms with Crippen LogP contribution in [0, 0.1) is 0 Å².